The number of aryl methyl sites for hydroxylation is 1. The van der Waals surface area contributed by atoms with Crippen molar-refractivity contribution in [2.24, 2.45) is 0 Å². The molecule has 4 heterocycles. The molecule has 0 aliphatic heterocycles. The van der Waals surface area contributed by atoms with E-state index in [1.165, 1.54) is 21.5 Å². The Kier molecular flexibility index (Phi) is 7.04. The van der Waals surface area contributed by atoms with E-state index in [1.807, 2.05) is 60.7 Å². The lowest BCUT2D eigenvalue weighted by Gasteiger charge is -2.14. The maximum absolute atomic E-state index is 7.00. The minimum absolute atomic E-state index is 0.628. The maximum atomic E-state index is 7.00. The number of hydrogen-bond donors (Lipinski definition) is 0. The molecule has 0 N–H and O–H groups in total. The average Bonchev–Trinajstić information content (AvgIpc) is 3.95. The van der Waals surface area contributed by atoms with Crippen molar-refractivity contribution in [3.05, 3.63) is 188 Å². The molecule has 4 aromatic heterocycles. The molecule has 12 aromatic rings. The minimum Gasteiger partial charge on any atom is -0.454 e. The maximum Gasteiger partial charge on any atom is 0.164 e. The van der Waals surface area contributed by atoms with Crippen LogP contribution < -0.4 is 0 Å². The Morgan fingerprint density at radius 1 is 0.414 bits per heavy atom. The van der Waals surface area contributed by atoms with Crippen LogP contribution in [0.2, 0.25) is 0 Å². The van der Waals surface area contributed by atoms with Crippen LogP contribution in [-0.2, 0) is 0 Å². The number of furan rings is 1. The lowest BCUT2D eigenvalue weighted by atomic mass is 10.0. The molecule has 0 amide bonds. The van der Waals surface area contributed by atoms with Crippen molar-refractivity contribution in [3.63, 3.8) is 0 Å². The molecule has 0 aliphatic carbocycles. The third-order valence-electron chi connectivity index (χ3n) is 11.5. The molecule has 0 saturated heterocycles. The number of hydrogen-bond acceptors (Lipinski definition) is 4. The molecule has 6 heteroatoms. The summed E-state index contributed by atoms with van der Waals surface area (Å²) in [7, 11) is 0. The number of nitrogens with zero attached hydrogens (tertiary/aromatic N) is 5. The van der Waals surface area contributed by atoms with E-state index in [2.05, 4.69) is 137 Å². The minimum atomic E-state index is 0.628. The molecular weight excluding hydrogens is 711 g/mol. The smallest absolute Gasteiger partial charge is 0.164 e. The van der Waals surface area contributed by atoms with E-state index in [0.29, 0.717) is 17.5 Å². The molecule has 0 spiro atoms. The highest BCUT2D eigenvalue weighted by atomic mass is 16.3. The summed E-state index contributed by atoms with van der Waals surface area (Å²) in [6.07, 6.45) is 0. The second-order valence-corrected chi connectivity index (χ2v) is 14.8. The predicted molar refractivity (Wildman–Crippen MR) is 237 cm³/mol. The zero-order valence-electron chi connectivity index (χ0n) is 31.5. The van der Waals surface area contributed by atoms with E-state index in [9.17, 15) is 0 Å². The van der Waals surface area contributed by atoms with E-state index in [4.69, 9.17) is 19.4 Å². The fraction of sp³-hybridized carbons (Fsp3) is 0.0192. The van der Waals surface area contributed by atoms with Gasteiger partial charge >= 0.3 is 0 Å². The highest BCUT2D eigenvalue weighted by Crippen LogP contribution is 2.49. The van der Waals surface area contributed by atoms with E-state index >= 15 is 0 Å². The largest absolute Gasteiger partial charge is 0.454 e. The molecule has 12 rings (SSSR count). The molecule has 0 fully saturated rings. The Labute approximate surface area is 332 Å². The second-order valence-electron chi connectivity index (χ2n) is 14.8. The van der Waals surface area contributed by atoms with E-state index in [1.54, 1.807) is 0 Å². The zero-order valence-corrected chi connectivity index (χ0v) is 31.5. The lowest BCUT2D eigenvalue weighted by molar-refractivity contribution is 0.671. The molecule has 6 nitrogen and oxygen atoms in total. The van der Waals surface area contributed by atoms with Gasteiger partial charge in [0.1, 0.15) is 5.58 Å². The van der Waals surface area contributed by atoms with Crippen LogP contribution in [0.4, 0.5) is 0 Å². The Balaban J connectivity index is 1.17. The average molecular weight is 744 g/mol. The van der Waals surface area contributed by atoms with Crippen LogP contribution in [0.15, 0.2) is 186 Å². The molecule has 0 atom stereocenters. The summed E-state index contributed by atoms with van der Waals surface area (Å²) in [5.74, 6) is 1.91. The van der Waals surface area contributed by atoms with Gasteiger partial charge in [-0.15, -0.1) is 0 Å². The van der Waals surface area contributed by atoms with Crippen molar-refractivity contribution >= 4 is 65.6 Å². The zero-order chi connectivity index (χ0) is 38.3. The summed E-state index contributed by atoms with van der Waals surface area (Å²) in [4.78, 5) is 15.0. The van der Waals surface area contributed by atoms with Gasteiger partial charge in [-0.1, -0.05) is 133 Å². The van der Waals surface area contributed by atoms with Crippen LogP contribution >= 0.6 is 0 Å². The first-order valence-corrected chi connectivity index (χ1v) is 19.5. The number of fused-ring (bicyclic) bond motifs is 12. The second kappa shape index (κ2) is 12.6. The van der Waals surface area contributed by atoms with Gasteiger partial charge in [0.15, 0.2) is 23.1 Å². The molecule has 0 bridgehead atoms. The third kappa shape index (κ3) is 4.75. The SMILES string of the molecule is Cc1cc(-c2nc(-c3ccccc3)nc(-c3ccccc3)n2)ccc1-n1c2ccccc2c2c3c4ccccc4n(-c4ccccc4)c3c3oc4ccccc4c3c21. The summed E-state index contributed by atoms with van der Waals surface area (Å²) < 4.78 is 11.8. The molecular formula is C52H33N5O. The number of benzene rings is 8. The van der Waals surface area contributed by atoms with Crippen LogP contribution in [0.1, 0.15) is 5.56 Å². The monoisotopic (exact) mass is 743 g/mol. The van der Waals surface area contributed by atoms with Gasteiger partial charge in [0, 0.05) is 55.0 Å². The van der Waals surface area contributed by atoms with Crippen molar-refractivity contribution in [3.8, 4) is 45.5 Å². The summed E-state index contributed by atoms with van der Waals surface area (Å²) in [5.41, 5.74) is 12.3. The molecule has 0 saturated carbocycles. The normalized spacial score (nSPS) is 11.9. The first kappa shape index (κ1) is 32.4. The van der Waals surface area contributed by atoms with Crippen molar-refractivity contribution in [1.82, 2.24) is 24.1 Å². The van der Waals surface area contributed by atoms with E-state index in [-0.39, 0.29) is 0 Å². The van der Waals surface area contributed by atoms with Gasteiger partial charge in [0.25, 0.3) is 0 Å². The summed E-state index contributed by atoms with van der Waals surface area (Å²) in [6, 6.07) is 63.4. The Bertz CT molecular complexity index is 3510. The molecule has 272 valence electrons. The standard InChI is InChI=1S/C52H33N5O/c1-32-31-35(52-54-50(33-17-5-2-6-18-33)53-51(55-52)34-19-7-3-8-20-34)29-30-40(32)57-42-27-15-12-24-38(42)44-45-37-23-11-14-26-41(37)56(36-21-9-4-10-22-36)48(45)49-46(47(44)57)39-25-13-16-28-43(39)58-49/h2-31H,1H3. The fourth-order valence-electron chi connectivity index (χ4n) is 8.96. The van der Waals surface area contributed by atoms with Crippen molar-refractivity contribution in [1.29, 1.82) is 0 Å². The first-order chi connectivity index (χ1) is 28.7. The molecule has 8 aromatic carbocycles. The van der Waals surface area contributed by atoms with Gasteiger partial charge in [-0.3, -0.25) is 0 Å². The number of aromatic nitrogens is 5. The Hall–Kier alpha value is -7.83. The van der Waals surface area contributed by atoms with Crippen molar-refractivity contribution < 1.29 is 4.42 Å². The predicted octanol–water partition coefficient (Wildman–Crippen LogP) is 13.3. The van der Waals surface area contributed by atoms with Gasteiger partial charge in [0.2, 0.25) is 0 Å². The Morgan fingerprint density at radius 3 is 1.53 bits per heavy atom. The van der Waals surface area contributed by atoms with Crippen LogP contribution in [-0.4, -0.2) is 24.1 Å². The topological polar surface area (TPSA) is 61.7 Å². The Morgan fingerprint density at radius 2 is 0.914 bits per heavy atom. The summed E-state index contributed by atoms with van der Waals surface area (Å²) >= 11 is 0. The number of rotatable bonds is 5. The van der Waals surface area contributed by atoms with Gasteiger partial charge in [-0.2, -0.15) is 0 Å². The highest BCUT2D eigenvalue weighted by molar-refractivity contribution is 6.39. The van der Waals surface area contributed by atoms with Crippen LogP contribution in [0.5, 0.6) is 0 Å². The van der Waals surface area contributed by atoms with E-state index in [0.717, 1.165) is 77.6 Å². The molecule has 0 aliphatic rings. The number of para-hydroxylation sites is 4. The van der Waals surface area contributed by atoms with E-state index < -0.39 is 0 Å². The first-order valence-electron chi connectivity index (χ1n) is 19.5. The molecule has 58 heavy (non-hydrogen) atoms. The van der Waals surface area contributed by atoms with Crippen molar-refractivity contribution in [2.75, 3.05) is 0 Å². The van der Waals surface area contributed by atoms with Crippen molar-refractivity contribution in [2.45, 2.75) is 6.92 Å². The van der Waals surface area contributed by atoms with Gasteiger partial charge in [-0.05, 0) is 61.0 Å². The van der Waals surface area contributed by atoms with Crippen LogP contribution in [0, 0.1) is 6.92 Å². The summed E-state index contributed by atoms with van der Waals surface area (Å²) in [6.45, 7) is 2.18. The quantitative estimate of drug-likeness (QED) is 0.176. The highest BCUT2D eigenvalue weighted by Gasteiger charge is 2.28. The molecule has 0 radical (unpaired) electrons. The van der Waals surface area contributed by atoms with Gasteiger partial charge < -0.3 is 13.6 Å². The van der Waals surface area contributed by atoms with Gasteiger partial charge in [0.05, 0.1) is 27.5 Å². The van der Waals surface area contributed by atoms with Crippen LogP contribution in [0.3, 0.4) is 0 Å². The fourth-order valence-corrected chi connectivity index (χ4v) is 8.96. The summed E-state index contributed by atoms with van der Waals surface area (Å²) in [5, 5.41) is 6.93. The molecule has 0 unspecified atom stereocenters. The third-order valence-corrected chi connectivity index (χ3v) is 11.5. The van der Waals surface area contributed by atoms with Gasteiger partial charge in [-0.25, -0.2) is 15.0 Å². The lowest BCUT2D eigenvalue weighted by Crippen LogP contribution is -2.02. The van der Waals surface area contributed by atoms with Crippen LogP contribution in [0.25, 0.3) is 111 Å².